The van der Waals surface area contributed by atoms with Crippen molar-refractivity contribution in [3.8, 4) is 0 Å². The summed E-state index contributed by atoms with van der Waals surface area (Å²) in [6, 6.07) is 0. The second kappa shape index (κ2) is 4.79. The maximum absolute atomic E-state index is 12.9. The molecule has 0 aliphatic heterocycles. The zero-order valence-electron chi connectivity index (χ0n) is 7.78. The van der Waals surface area contributed by atoms with Crippen molar-refractivity contribution in [1.82, 2.24) is 0 Å². The summed E-state index contributed by atoms with van der Waals surface area (Å²) in [6.45, 7) is 4.29. The fraction of sp³-hybridized carbons (Fsp3) is 0.750. The third-order valence-corrected chi connectivity index (χ3v) is 1.48. The molecule has 76 valence electrons. The van der Waals surface area contributed by atoms with Gasteiger partial charge in [-0.05, 0) is 5.92 Å². The smallest absolute Gasteiger partial charge is 0.342 e. The van der Waals surface area contributed by atoms with Crippen molar-refractivity contribution in [2.75, 3.05) is 0 Å². The average molecular weight is 192 g/mol. The third kappa shape index (κ3) is 3.87. The van der Waals surface area contributed by atoms with Crippen molar-refractivity contribution in [3.05, 3.63) is 0 Å². The molecule has 0 bridgehead atoms. The van der Waals surface area contributed by atoms with E-state index in [0.29, 0.717) is 0 Å². The fourth-order valence-electron chi connectivity index (χ4n) is 0.866. The van der Waals surface area contributed by atoms with E-state index in [2.05, 4.69) is 4.74 Å². The molecule has 2 atom stereocenters. The Labute approximate surface area is 75.7 Å². The van der Waals surface area contributed by atoms with E-state index in [4.69, 9.17) is 5.11 Å². The van der Waals surface area contributed by atoms with Crippen LogP contribution in [0.4, 0.5) is 4.39 Å². The summed E-state index contributed by atoms with van der Waals surface area (Å²) in [5, 5.41) is 8.35. The lowest BCUT2D eigenvalue weighted by atomic mass is 10.0. The van der Waals surface area contributed by atoms with Gasteiger partial charge in [-0.3, -0.25) is 4.79 Å². The Morgan fingerprint density at radius 3 is 2.08 bits per heavy atom. The van der Waals surface area contributed by atoms with Crippen LogP contribution in [0.25, 0.3) is 0 Å². The first-order valence-corrected chi connectivity index (χ1v) is 3.90. The molecule has 0 saturated carbocycles. The number of halogens is 1. The Bertz CT molecular complexity index is 202. The van der Waals surface area contributed by atoms with Gasteiger partial charge in [0.05, 0.1) is 0 Å². The van der Waals surface area contributed by atoms with Crippen LogP contribution in [0.1, 0.15) is 20.8 Å². The van der Waals surface area contributed by atoms with Gasteiger partial charge in [0, 0.05) is 6.92 Å². The number of rotatable bonds is 4. The molecule has 0 saturated heterocycles. The zero-order valence-corrected chi connectivity index (χ0v) is 7.78. The molecular formula is C8H13FO4. The monoisotopic (exact) mass is 192 g/mol. The molecule has 0 aromatic rings. The Hall–Kier alpha value is -1.13. The minimum absolute atomic E-state index is 0.366. The average Bonchev–Trinajstić information content (AvgIpc) is 1.97. The van der Waals surface area contributed by atoms with Crippen LogP contribution in [0.5, 0.6) is 0 Å². The minimum atomic E-state index is -2.16. The summed E-state index contributed by atoms with van der Waals surface area (Å²) >= 11 is 0. The maximum Gasteiger partial charge on any atom is 0.342 e. The highest BCUT2D eigenvalue weighted by atomic mass is 19.1. The Balaban J connectivity index is 4.41. The second-order valence-corrected chi connectivity index (χ2v) is 3.06. The van der Waals surface area contributed by atoms with Crippen molar-refractivity contribution >= 4 is 11.9 Å². The molecule has 0 heterocycles. The van der Waals surface area contributed by atoms with Crippen LogP contribution in [-0.2, 0) is 14.3 Å². The fourth-order valence-corrected chi connectivity index (χ4v) is 0.866. The van der Waals surface area contributed by atoms with Gasteiger partial charge in [0.1, 0.15) is 6.10 Å². The molecule has 1 N–H and O–H groups in total. The van der Waals surface area contributed by atoms with Crippen molar-refractivity contribution in [2.45, 2.75) is 33.0 Å². The zero-order chi connectivity index (χ0) is 10.6. The first kappa shape index (κ1) is 11.9. The predicted molar refractivity (Wildman–Crippen MR) is 42.9 cm³/mol. The molecule has 0 fully saturated rings. The first-order chi connectivity index (χ1) is 5.86. The molecule has 13 heavy (non-hydrogen) atoms. The van der Waals surface area contributed by atoms with E-state index in [1.54, 1.807) is 13.8 Å². The molecular weight excluding hydrogens is 179 g/mol. The van der Waals surface area contributed by atoms with Crippen LogP contribution in [-0.4, -0.2) is 29.3 Å². The van der Waals surface area contributed by atoms with E-state index in [1.807, 2.05) is 0 Å². The lowest BCUT2D eigenvalue weighted by Gasteiger charge is -2.21. The summed E-state index contributed by atoms with van der Waals surface area (Å²) in [5.41, 5.74) is 0. The van der Waals surface area contributed by atoms with E-state index in [1.165, 1.54) is 0 Å². The van der Waals surface area contributed by atoms with Crippen molar-refractivity contribution in [3.63, 3.8) is 0 Å². The standard InChI is InChI=1S/C8H13FO4/c1-4(2)7(13-5(3)10)6(9)8(11)12/h4,6-7H,1-3H3,(H,11,12). The molecule has 0 radical (unpaired) electrons. The van der Waals surface area contributed by atoms with Gasteiger partial charge < -0.3 is 9.84 Å². The predicted octanol–water partition coefficient (Wildman–Crippen LogP) is 0.997. The molecule has 0 aliphatic rings. The first-order valence-electron chi connectivity index (χ1n) is 3.90. The number of carbonyl (C=O) groups is 2. The lowest BCUT2D eigenvalue weighted by molar-refractivity contribution is -0.161. The number of esters is 1. The number of carboxylic acid groups (broad SMARTS) is 1. The number of hydrogen-bond acceptors (Lipinski definition) is 3. The molecule has 0 amide bonds. The van der Waals surface area contributed by atoms with Gasteiger partial charge in [-0.25, -0.2) is 9.18 Å². The summed E-state index contributed by atoms with van der Waals surface area (Å²) in [4.78, 5) is 20.8. The topological polar surface area (TPSA) is 63.6 Å². The van der Waals surface area contributed by atoms with Gasteiger partial charge in [-0.2, -0.15) is 0 Å². The summed E-state index contributed by atoms with van der Waals surface area (Å²) < 4.78 is 17.5. The van der Waals surface area contributed by atoms with Gasteiger partial charge in [-0.1, -0.05) is 13.8 Å². The molecule has 5 heteroatoms. The van der Waals surface area contributed by atoms with Crippen molar-refractivity contribution in [2.24, 2.45) is 5.92 Å². The molecule has 0 spiro atoms. The molecule has 2 unspecified atom stereocenters. The van der Waals surface area contributed by atoms with Gasteiger partial charge in [-0.15, -0.1) is 0 Å². The molecule has 4 nitrogen and oxygen atoms in total. The number of carboxylic acids is 1. The highest BCUT2D eigenvalue weighted by Gasteiger charge is 2.32. The van der Waals surface area contributed by atoms with Crippen molar-refractivity contribution < 1.29 is 23.8 Å². The normalized spacial score (nSPS) is 15.2. The van der Waals surface area contributed by atoms with Crippen LogP contribution in [0.3, 0.4) is 0 Å². The number of aliphatic carboxylic acids is 1. The van der Waals surface area contributed by atoms with Crippen LogP contribution >= 0.6 is 0 Å². The largest absolute Gasteiger partial charge is 0.479 e. The highest BCUT2D eigenvalue weighted by molar-refractivity contribution is 5.74. The molecule has 0 aromatic carbocycles. The number of carbonyl (C=O) groups excluding carboxylic acids is 1. The number of alkyl halides is 1. The van der Waals surface area contributed by atoms with Gasteiger partial charge in [0.2, 0.25) is 6.17 Å². The van der Waals surface area contributed by atoms with E-state index in [9.17, 15) is 14.0 Å². The van der Waals surface area contributed by atoms with Gasteiger partial charge >= 0.3 is 11.9 Å². The maximum atomic E-state index is 12.9. The lowest BCUT2D eigenvalue weighted by Crippen LogP contribution is -2.37. The van der Waals surface area contributed by atoms with Crippen LogP contribution in [0.15, 0.2) is 0 Å². The van der Waals surface area contributed by atoms with Crippen LogP contribution in [0.2, 0.25) is 0 Å². The highest BCUT2D eigenvalue weighted by Crippen LogP contribution is 2.14. The van der Waals surface area contributed by atoms with Crippen LogP contribution in [0, 0.1) is 5.92 Å². The van der Waals surface area contributed by atoms with E-state index in [0.717, 1.165) is 6.92 Å². The van der Waals surface area contributed by atoms with Crippen molar-refractivity contribution in [1.29, 1.82) is 0 Å². The van der Waals surface area contributed by atoms with Crippen LogP contribution < -0.4 is 0 Å². The minimum Gasteiger partial charge on any atom is -0.479 e. The summed E-state index contributed by atoms with van der Waals surface area (Å²) in [6.07, 6.45) is -3.38. The third-order valence-electron chi connectivity index (χ3n) is 1.48. The Kier molecular flexibility index (Phi) is 4.37. The second-order valence-electron chi connectivity index (χ2n) is 3.06. The van der Waals surface area contributed by atoms with Gasteiger partial charge in [0.15, 0.2) is 0 Å². The van der Waals surface area contributed by atoms with E-state index >= 15 is 0 Å². The molecule has 0 rings (SSSR count). The van der Waals surface area contributed by atoms with E-state index in [-0.39, 0.29) is 5.92 Å². The number of ether oxygens (including phenoxy) is 1. The molecule has 0 aromatic heterocycles. The SMILES string of the molecule is CC(=O)OC(C(C)C)C(F)C(=O)O. The number of hydrogen-bond donors (Lipinski definition) is 1. The van der Waals surface area contributed by atoms with Gasteiger partial charge in [0.25, 0.3) is 0 Å². The quantitative estimate of drug-likeness (QED) is 0.675. The summed E-state index contributed by atoms with van der Waals surface area (Å²) in [5.74, 6) is -2.66. The summed E-state index contributed by atoms with van der Waals surface area (Å²) in [7, 11) is 0. The molecule has 0 aliphatic carbocycles. The Morgan fingerprint density at radius 1 is 1.38 bits per heavy atom. The Morgan fingerprint density at radius 2 is 1.85 bits per heavy atom. The van der Waals surface area contributed by atoms with E-state index < -0.39 is 24.2 Å².